The van der Waals surface area contributed by atoms with Crippen molar-refractivity contribution < 1.29 is 23.9 Å². The Morgan fingerprint density at radius 2 is 1.82 bits per heavy atom. The molecule has 1 aliphatic carbocycles. The van der Waals surface area contributed by atoms with Crippen LogP contribution in [-0.2, 0) is 25.7 Å². The number of esters is 1. The zero-order chi connectivity index (χ0) is 16.0. The molecular weight excluding hydrogens is 286 g/mol. The topological polar surface area (TPSA) is 81.7 Å². The van der Waals surface area contributed by atoms with Crippen LogP contribution in [0.1, 0.15) is 25.3 Å². The Morgan fingerprint density at radius 1 is 1.14 bits per heavy atom. The van der Waals surface area contributed by atoms with E-state index in [1.165, 1.54) is 0 Å². The Labute approximate surface area is 128 Å². The van der Waals surface area contributed by atoms with E-state index in [1.54, 1.807) is 6.92 Å². The van der Waals surface area contributed by atoms with E-state index in [-0.39, 0.29) is 25.5 Å². The van der Waals surface area contributed by atoms with Gasteiger partial charge in [0.2, 0.25) is 0 Å². The number of hydrogen-bond donors (Lipinski definition) is 1. The number of rotatable bonds is 7. The molecule has 2 rings (SSSR count). The predicted octanol–water partition coefficient (Wildman–Crippen LogP) is 1.83. The second-order valence-electron chi connectivity index (χ2n) is 5.14. The van der Waals surface area contributed by atoms with Crippen LogP contribution in [0.25, 0.3) is 0 Å². The highest BCUT2D eigenvalue weighted by atomic mass is 16.5. The molecule has 0 aromatic heterocycles. The quantitative estimate of drug-likeness (QED) is 0.614. The molecule has 1 amide bonds. The number of ketones is 1. The van der Waals surface area contributed by atoms with Gasteiger partial charge < -0.3 is 14.8 Å². The van der Waals surface area contributed by atoms with Crippen LogP contribution in [0, 0.1) is 5.41 Å². The van der Waals surface area contributed by atoms with Crippen molar-refractivity contribution in [1.29, 1.82) is 0 Å². The first-order valence-electron chi connectivity index (χ1n) is 7.23. The van der Waals surface area contributed by atoms with Gasteiger partial charge >= 0.3 is 12.1 Å². The summed E-state index contributed by atoms with van der Waals surface area (Å²) in [6.45, 7) is 1.83. The largest absolute Gasteiger partial charge is 0.465 e. The van der Waals surface area contributed by atoms with Crippen molar-refractivity contribution >= 4 is 17.8 Å². The molecule has 1 aromatic rings. The minimum Gasteiger partial charge on any atom is -0.465 e. The van der Waals surface area contributed by atoms with E-state index in [0.29, 0.717) is 12.8 Å². The molecule has 0 radical (unpaired) electrons. The summed E-state index contributed by atoms with van der Waals surface area (Å²) in [7, 11) is 0. The summed E-state index contributed by atoms with van der Waals surface area (Å²) in [4.78, 5) is 35.4. The van der Waals surface area contributed by atoms with Gasteiger partial charge in [0.1, 0.15) is 12.0 Å². The van der Waals surface area contributed by atoms with Gasteiger partial charge in [-0.1, -0.05) is 30.3 Å². The maximum Gasteiger partial charge on any atom is 0.407 e. The number of alkyl carbamates (subject to hydrolysis) is 1. The third-order valence-corrected chi connectivity index (χ3v) is 3.56. The lowest BCUT2D eigenvalue weighted by Crippen LogP contribution is -2.38. The molecule has 0 saturated heterocycles. The van der Waals surface area contributed by atoms with Crippen LogP contribution in [0.5, 0.6) is 0 Å². The molecule has 0 heterocycles. The summed E-state index contributed by atoms with van der Waals surface area (Å²) < 4.78 is 9.90. The van der Waals surface area contributed by atoms with Gasteiger partial charge in [0.15, 0.2) is 5.78 Å². The first-order chi connectivity index (χ1) is 10.6. The molecule has 0 bridgehead atoms. The highest BCUT2D eigenvalue weighted by Gasteiger charge is 2.57. The molecule has 118 valence electrons. The number of nitrogens with one attached hydrogen (secondary N) is 1. The first-order valence-corrected chi connectivity index (χ1v) is 7.23. The second-order valence-corrected chi connectivity index (χ2v) is 5.14. The number of amides is 1. The molecular formula is C16H19NO5. The average Bonchev–Trinajstić information content (AvgIpc) is 3.34. The molecule has 1 saturated carbocycles. The standard InChI is InChI=1S/C16H19NO5/c1-2-21-14(19)16(8-9-16)13(18)10-17-15(20)22-11-12-6-4-3-5-7-12/h3-7H,2,8-11H2,1H3,(H,17,20). The van der Waals surface area contributed by atoms with Crippen LogP contribution in [-0.4, -0.2) is 31.0 Å². The van der Waals surface area contributed by atoms with Crippen molar-refractivity contribution in [2.45, 2.75) is 26.4 Å². The van der Waals surface area contributed by atoms with E-state index in [4.69, 9.17) is 9.47 Å². The van der Waals surface area contributed by atoms with Crippen LogP contribution in [0.4, 0.5) is 4.79 Å². The smallest absolute Gasteiger partial charge is 0.407 e. The van der Waals surface area contributed by atoms with Crippen LogP contribution >= 0.6 is 0 Å². The van der Waals surface area contributed by atoms with Gasteiger partial charge in [-0.3, -0.25) is 9.59 Å². The fourth-order valence-corrected chi connectivity index (χ4v) is 2.09. The monoisotopic (exact) mass is 305 g/mol. The van der Waals surface area contributed by atoms with Crippen molar-refractivity contribution in [3.63, 3.8) is 0 Å². The summed E-state index contributed by atoms with van der Waals surface area (Å²) in [6, 6.07) is 9.22. The number of carbonyl (C=O) groups excluding carboxylic acids is 3. The maximum atomic E-state index is 12.1. The number of hydrogen-bond acceptors (Lipinski definition) is 5. The summed E-state index contributed by atoms with van der Waals surface area (Å²) in [5, 5.41) is 2.38. The van der Waals surface area contributed by atoms with Gasteiger partial charge in [0.25, 0.3) is 0 Å². The minimum absolute atomic E-state index is 0.129. The van der Waals surface area contributed by atoms with E-state index < -0.39 is 17.5 Å². The SMILES string of the molecule is CCOC(=O)C1(C(=O)CNC(=O)OCc2ccccc2)CC1. The molecule has 0 unspecified atom stereocenters. The zero-order valence-electron chi connectivity index (χ0n) is 12.5. The summed E-state index contributed by atoms with van der Waals surface area (Å²) >= 11 is 0. The molecule has 6 heteroatoms. The minimum atomic E-state index is -1.05. The van der Waals surface area contributed by atoms with Crippen molar-refractivity contribution in [2.24, 2.45) is 5.41 Å². The highest BCUT2D eigenvalue weighted by molar-refractivity contribution is 6.08. The lowest BCUT2D eigenvalue weighted by molar-refractivity contribution is -0.153. The maximum absolute atomic E-state index is 12.1. The molecule has 6 nitrogen and oxygen atoms in total. The van der Waals surface area contributed by atoms with E-state index >= 15 is 0 Å². The Bertz CT molecular complexity index is 551. The van der Waals surface area contributed by atoms with Gasteiger partial charge in [0.05, 0.1) is 13.2 Å². The molecule has 0 atom stereocenters. The lowest BCUT2D eigenvalue weighted by Gasteiger charge is -2.13. The zero-order valence-corrected chi connectivity index (χ0v) is 12.5. The average molecular weight is 305 g/mol. The lowest BCUT2D eigenvalue weighted by atomic mass is 10.0. The molecule has 0 spiro atoms. The van der Waals surface area contributed by atoms with Crippen LogP contribution < -0.4 is 5.32 Å². The van der Waals surface area contributed by atoms with Crippen LogP contribution in [0.2, 0.25) is 0 Å². The molecule has 0 aliphatic heterocycles. The summed E-state index contributed by atoms with van der Waals surface area (Å²) in [6.07, 6.45) is 0.272. The van der Waals surface area contributed by atoms with E-state index in [1.807, 2.05) is 30.3 Å². The summed E-state index contributed by atoms with van der Waals surface area (Å²) in [5.41, 5.74) is -0.197. The van der Waals surface area contributed by atoms with Gasteiger partial charge in [-0.15, -0.1) is 0 Å². The van der Waals surface area contributed by atoms with Crippen molar-refractivity contribution in [3.05, 3.63) is 35.9 Å². The van der Waals surface area contributed by atoms with Crippen molar-refractivity contribution in [3.8, 4) is 0 Å². The third kappa shape index (κ3) is 3.84. The van der Waals surface area contributed by atoms with Gasteiger partial charge in [-0.2, -0.15) is 0 Å². The number of benzene rings is 1. The first kappa shape index (κ1) is 16.0. The Balaban J connectivity index is 1.74. The molecule has 1 aliphatic rings. The Morgan fingerprint density at radius 3 is 2.41 bits per heavy atom. The van der Waals surface area contributed by atoms with E-state index in [9.17, 15) is 14.4 Å². The van der Waals surface area contributed by atoms with Crippen molar-refractivity contribution in [1.82, 2.24) is 5.32 Å². The predicted molar refractivity (Wildman–Crippen MR) is 77.9 cm³/mol. The molecule has 22 heavy (non-hydrogen) atoms. The fraction of sp³-hybridized carbons (Fsp3) is 0.438. The summed E-state index contributed by atoms with van der Waals surface area (Å²) in [5.74, 6) is -0.831. The molecule has 1 N–H and O–H groups in total. The van der Waals surface area contributed by atoms with Crippen molar-refractivity contribution in [2.75, 3.05) is 13.2 Å². The Hall–Kier alpha value is -2.37. The highest BCUT2D eigenvalue weighted by Crippen LogP contribution is 2.47. The number of ether oxygens (including phenoxy) is 2. The van der Waals surface area contributed by atoms with E-state index in [2.05, 4.69) is 5.32 Å². The normalized spacial score (nSPS) is 14.8. The van der Waals surface area contributed by atoms with Gasteiger partial charge in [-0.25, -0.2) is 4.79 Å². The number of Topliss-reactive ketones (excluding diaryl/α,β-unsaturated/α-hetero) is 1. The van der Waals surface area contributed by atoms with Gasteiger partial charge in [-0.05, 0) is 25.3 Å². The van der Waals surface area contributed by atoms with Crippen LogP contribution in [0.3, 0.4) is 0 Å². The van der Waals surface area contributed by atoms with Crippen LogP contribution in [0.15, 0.2) is 30.3 Å². The molecule has 1 fully saturated rings. The number of carbonyl (C=O) groups is 3. The second kappa shape index (κ2) is 7.06. The molecule has 1 aromatic carbocycles. The third-order valence-electron chi connectivity index (χ3n) is 3.56. The Kier molecular flexibility index (Phi) is 5.14. The van der Waals surface area contributed by atoms with Gasteiger partial charge in [0, 0.05) is 0 Å². The van der Waals surface area contributed by atoms with E-state index in [0.717, 1.165) is 5.56 Å². The fourth-order valence-electron chi connectivity index (χ4n) is 2.09.